The maximum Gasteiger partial charge on any atom is 0.335 e. The van der Waals surface area contributed by atoms with Gasteiger partial charge in [0, 0.05) is 0 Å². The maximum atomic E-state index is 13.2. The van der Waals surface area contributed by atoms with Crippen LogP contribution in [0.5, 0.6) is 0 Å². The molecule has 1 aliphatic heterocycles. The topological polar surface area (TPSA) is 70.0 Å². The van der Waals surface area contributed by atoms with Crippen LogP contribution in [0.25, 0.3) is 0 Å². The largest absolute Gasteiger partial charge is 0.478 e. The number of carbonyl (C=O) groups is 2. The second kappa shape index (κ2) is 9.14. The van der Waals surface area contributed by atoms with E-state index in [1.165, 1.54) is 36.0 Å². The summed E-state index contributed by atoms with van der Waals surface area (Å²) in [6, 6.07) is 22.0. The smallest absolute Gasteiger partial charge is 0.335 e. The Bertz CT molecular complexity index is 1120. The fourth-order valence-corrected chi connectivity index (χ4v) is 4.46. The number of aromatic carboxylic acids is 1. The molecule has 0 aromatic heterocycles. The molecule has 0 aliphatic carbocycles. The van der Waals surface area contributed by atoms with E-state index in [9.17, 15) is 14.0 Å². The molecule has 1 aliphatic rings. The summed E-state index contributed by atoms with van der Waals surface area (Å²) in [5.41, 5.74) is 2.60. The van der Waals surface area contributed by atoms with Crippen LogP contribution in [-0.4, -0.2) is 32.3 Å². The lowest BCUT2D eigenvalue weighted by Gasteiger charge is -2.16. The summed E-state index contributed by atoms with van der Waals surface area (Å²) >= 11 is 1.37. The van der Waals surface area contributed by atoms with Crippen LogP contribution in [0.4, 0.5) is 10.1 Å². The quantitative estimate of drug-likeness (QED) is 0.599. The van der Waals surface area contributed by atoms with E-state index in [0.717, 1.165) is 11.1 Å². The Balaban J connectivity index is 1.61. The zero-order valence-electron chi connectivity index (χ0n) is 16.4. The monoisotopic (exact) mass is 434 g/mol. The Labute approximate surface area is 183 Å². The van der Waals surface area contributed by atoms with Crippen molar-refractivity contribution < 1.29 is 19.1 Å². The summed E-state index contributed by atoms with van der Waals surface area (Å²) < 4.78 is 13.2. The molecule has 1 atom stereocenters. The van der Waals surface area contributed by atoms with Crippen molar-refractivity contribution in [1.29, 1.82) is 0 Å². The molecule has 1 unspecified atom stereocenters. The Kier molecular flexibility index (Phi) is 6.13. The second-order valence-corrected chi connectivity index (χ2v) is 8.26. The van der Waals surface area contributed by atoms with Crippen LogP contribution in [0.3, 0.4) is 0 Å². The van der Waals surface area contributed by atoms with Gasteiger partial charge in [-0.05, 0) is 53.9 Å². The van der Waals surface area contributed by atoms with Crippen molar-refractivity contribution >= 4 is 34.5 Å². The van der Waals surface area contributed by atoms with Crippen molar-refractivity contribution in [3.05, 3.63) is 101 Å². The number of carboxylic acids is 1. The Morgan fingerprint density at radius 3 is 2.29 bits per heavy atom. The number of amides is 1. The van der Waals surface area contributed by atoms with E-state index in [4.69, 9.17) is 5.11 Å². The average molecular weight is 434 g/mol. The molecule has 1 fully saturated rings. The third kappa shape index (κ3) is 5.00. The minimum absolute atomic E-state index is 0.0564. The normalized spacial score (nSPS) is 17.3. The number of carboxylic acid groups (broad SMARTS) is 1. The molecule has 1 N–H and O–H groups in total. The first-order chi connectivity index (χ1) is 15.0. The molecule has 31 heavy (non-hydrogen) atoms. The number of nitrogens with zero attached hydrogens (tertiary/aromatic N) is 2. The summed E-state index contributed by atoms with van der Waals surface area (Å²) in [4.78, 5) is 30.6. The Morgan fingerprint density at radius 2 is 1.65 bits per heavy atom. The highest BCUT2D eigenvalue weighted by molar-refractivity contribution is 8.15. The highest BCUT2D eigenvalue weighted by Crippen LogP contribution is 2.33. The number of halogens is 1. The standard InChI is InChI=1S/C24H19FN2O3S/c25-19-10-6-16(7-11-19)14-21-22(28)27(15-17-4-2-1-3-5-17)24(31-21)26-20-12-8-18(9-13-20)23(29)30/h1-13,21H,14-15H2,(H,29,30). The molecule has 5 nitrogen and oxygen atoms in total. The minimum Gasteiger partial charge on any atom is -0.478 e. The van der Waals surface area contributed by atoms with Crippen LogP contribution in [0.1, 0.15) is 21.5 Å². The SMILES string of the molecule is O=C(O)c1ccc(N=C2SC(Cc3ccc(F)cc3)C(=O)N2Cc2ccccc2)cc1. The molecule has 1 amide bonds. The van der Waals surface area contributed by atoms with Gasteiger partial charge in [-0.25, -0.2) is 14.2 Å². The van der Waals surface area contributed by atoms with Gasteiger partial charge in [0.15, 0.2) is 5.17 Å². The van der Waals surface area contributed by atoms with E-state index < -0.39 is 5.97 Å². The molecule has 1 saturated heterocycles. The fourth-order valence-electron chi connectivity index (χ4n) is 3.26. The number of rotatable bonds is 6. The van der Waals surface area contributed by atoms with Gasteiger partial charge in [0.25, 0.3) is 0 Å². The Morgan fingerprint density at radius 1 is 0.968 bits per heavy atom. The summed E-state index contributed by atoms with van der Waals surface area (Å²) in [5, 5.41) is 9.27. The first-order valence-electron chi connectivity index (χ1n) is 9.68. The average Bonchev–Trinajstić information content (AvgIpc) is 3.05. The number of hydrogen-bond acceptors (Lipinski definition) is 4. The first-order valence-corrected chi connectivity index (χ1v) is 10.6. The first kappa shape index (κ1) is 20.8. The lowest BCUT2D eigenvalue weighted by molar-refractivity contribution is -0.126. The highest BCUT2D eigenvalue weighted by Gasteiger charge is 2.38. The van der Waals surface area contributed by atoms with Gasteiger partial charge >= 0.3 is 5.97 Å². The molecule has 156 valence electrons. The summed E-state index contributed by atoms with van der Waals surface area (Å²) in [6.45, 7) is 0.388. The third-order valence-electron chi connectivity index (χ3n) is 4.88. The van der Waals surface area contributed by atoms with Crippen LogP contribution in [0.15, 0.2) is 83.9 Å². The maximum absolute atomic E-state index is 13.2. The second-order valence-electron chi connectivity index (χ2n) is 7.09. The van der Waals surface area contributed by atoms with E-state index in [-0.39, 0.29) is 22.5 Å². The number of hydrogen-bond donors (Lipinski definition) is 1. The van der Waals surface area contributed by atoms with Gasteiger partial charge in [0.2, 0.25) is 5.91 Å². The van der Waals surface area contributed by atoms with Crippen molar-refractivity contribution in [3.8, 4) is 0 Å². The van der Waals surface area contributed by atoms with Crippen LogP contribution in [0, 0.1) is 5.82 Å². The highest BCUT2D eigenvalue weighted by atomic mass is 32.2. The molecule has 7 heteroatoms. The molecule has 3 aromatic rings. The third-order valence-corrected chi connectivity index (χ3v) is 6.05. The van der Waals surface area contributed by atoms with Gasteiger partial charge in [-0.2, -0.15) is 0 Å². The van der Waals surface area contributed by atoms with Crippen LogP contribution >= 0.6 is 11.8 Å². The number of benzene rings is 3. The zero-order valence-corrected chi connectivity index (χ0v) is 17.3. The Hall–Kier alpha value is -3.45. The van der Waals surface area contributed by atoms with Crippen molar-refractivity contribution in [3.63, 3.8) is 0 Å². The van der Waals surface area contributed by atoms with E-state index >= 15 is 0 Å². The van der Waals surface area contributed by atoms with Crippen molar-refractivity contribution in [1.82, 2.24) is 4.90 Å². The summed E-state index contributed by atoms with van der Waals surface area (Å²) in [6.07, 6.45) is 0.464. The molecule has 0 spiro atoms. The van der Waals surface area contributed by atoms with Crippen molar-refractivity contribution in [2.75, 3.05) is 0 Å². The van der Waals surface area contributed by atoms with Crippen molar-refractivity contribution in [2.45, 2.75) is 18.2 Å². The lowest BCUT2D eigenvalue weighted by Crippen LogP contribution is -2.32. The molecular weight excluding hydrogens is 415 g/mol. The molecule has 0 saturated carbocycles. The molecule has 4 rings (SSSR count). The van der Waals surface area contributed by atoms with Gasteiger partial charge in [-0.1, -0.05) is 54.2 Å². The van der Waals surface area contributed by atoms with Crippen LogP contribution in [0.2, 0.25) is 0 Å². The molecule has 3 aromatic carbocycles. The van der Waals surface area contributed by atoms with Crippen LogP contribution in [-0.2, 0) is 17.8 Å². The molecule has 0 bridgehead atoms. The number of carbonyl (C=O) groups excluding carboxylic acids is 1. The molecule has 0 radical (unpaired) electrons. The zero-order chi connectivity index (χ0) is 21.8. The van der Waals surface area contributed by atoms with Gasteiger partial charge in [-0.3, -0.25) is 9.69 Å². The van der Waals surface area contributed by atoms with E-state index in [1.807, 2.05) is 30.3 Å². The number of aliphatic imine (C=N–C) groups is 1. The predicted octanol–water partition coefficient (Wildman–Crippen LogP) is 4.90. The van der Waals surface area contributed by atoms with Crippen molar-refractivity contribution in [2.24, 2.45) is 4.99 Å². The van der Waals surface area contributed by atoms with E-state index in [0.29, 0.717) is 23.8 Å². The number of thioether (sulfide) groups is 1. The van der Waals surface area contributed by atoms with E-state index in [1.54, 1.807) is 29.2 Å². The van der Waals surface area contributed by atoms with Gasteiger partial charge in [-0.15, -0.1) is 0 Å². The van der Waals surface area contributed by atoms with Crippen LogP contribution < -0.4 is 0 Å². The van der Waals surface area contributed by atoms with E-state index in [2.05, 4.69) is 4.99 Å². The summed E-state index contributed by atoms with van der Waals surface area (Å²) in [7, 11) is 0. The molecular formula is C24H19FN2O3S. The minimum atomic E-state index is -1.00. The fraction of sp³-hybridized carbons (Fsp3) is 0.125. The molecule has 1 heterocycles. The number of amidine groups is 1. The van der Waals surface area contributed by atoms with Gasteiger partial charge in [0.05, 0.1) is 23.0 Å². The van der Waals surface area contributed by atoms with Gasteiger partial charge < -0.3 is 5.11 Å². The lowest BCUT2D eigenvalue weighted by atomic mass is 10.1. The van der Waals surface area contributed by atoms with Gasteiger partial charge in [0.1, 0.15) is 5.82 Å². The summed E-state index contributed by atoms with van der Waals surface area (Å²) in [5.74, 6) is -1.37. The predicted molar refractivity (Wildman–Crippen MR) is 119 cm³/mol.